The van der Waals surface area contributed by atoms with E-state index in [2.05, 4.69) is 4.98 Å². The van der Waals surface area contributed by atoms with E-state index in [-0.39, 0.29) is 0 Å². The van der Waals surface area contributed by atoms with E-state index in [9.17, 15) is 13.2 Å². The van der Waals surface area contributed by atoms with Crippen LogP contribution in [0.4, 0.5) is 13.2 Å². The predicted molar refractivity (Wildman–Crippen MR) is 57.9 cm³/mol. The van der Waals surface area contributed by atoms with Crippen molar-refractivity contribution >= 4 is 0 Å². The average molecular weight is 240 g/mol. The first-order valence-electron chi connectivity index (χ1n) is 5.22. The third-order valence-electron chi connectivity index (χ3n) is 2.49. The van der Waals surface area contributed by atoms with Crippen molar-refractivity contribution in [1.82, 2.24) is 9.55 Å². The molecule has 90 valence electrons. The van der Waals surface area contributed by atoms with E-state index in [0.717, 1.165) is 18.0 Å². The van der Waals surface area contributed by atoms with Gasteiger partial charge in [0.2, 0.25) is 0 Å². The molecule has 5 heteroatoms. The van der Waals surface area contributed by atoms with Crippen LogP contribution in [0.5, 0.6) is 0 Å². The number of aryl methyl sites for hydroxylation is 1. The van der Waals surface area contributed by atoms with Crippen molar-refractivity contribution in [1.29, 1.82) is 0 Å². The number of alkyl halides is 3. The first-order chi connectivity index (χ1) is 8.02. The quantitative estimate of drug-likeness (QED) is 0.786. The number of nitrogens with zero attached hydrogens (tertiary/aromatic N) is 2. The van der Waals surface area contributed by atoms with E-state index in [1.807, 2.05) is 6.92 Å². The molecule has 0 radical (unpaired) electrons. The molecule has 0 fully saturated rings. The van der Waals surface area contributed by atoms with Crippen LogP contribution in [0.15, 0.2) is 36.7 Å². The third kappa shape index (κ3) is 2.33. The molecule has 0 atom stereocenters. The van der Waals surface area contributed by atoms with Crippen molar-refractivity contribution in [3.05, 3.63) is 48.0 Å². The Morgan fingerprint density at radius 3 is 2.71 bits per heavy atom. The second-order valence-electron chi connectivity index (χ2n) is 3.62. The monoisotopic (exact) mass is 240 g/mol. The van der Waals surface area contributed by atoms with Gasteiger partial charge in [-0.3, -0.25) is 0 Å². The fraction of sp³-hybridized carbons (Fsp3) is 0.250. The normalized spacial score (nSPS) is 11.8. The molecule has 0 aliphatic rings. The van der Waals surface area contributed by atoms with Crippen LogP contribution in [0.3, 0.4) is 0 Å². The largest absolute Gasteiger partial charge is 0.416 e. The molecule has 1 aromatic carbocycles. The second kappa shape index (κ2) is 4.24. The highest BCUT2D eigenvalue weighted by atomic mass is 19.4. The fourth-order valence-corrected chi connectivity index (χ4v) is 1.66. The highest BCUT2D eigenvalue weighted by Gasteiger charge is 2.30. The SMILES string of the molecule is CCc1nccn1-c1cccc(C(F)(F)F)c1. The summed E-state index contributed by atoms with van der Waals surface area (Å²) in [6, 6.07) is 5.22. The Labute approximate surface area is 96.7 Å². The predicted octanol–water partition coefficient (Wildman–Crippen LogP) is 3.45. The zero-order valence-corrected chi connectivity index (χ0v) is 9.20. The lowest BCUT2D eigenvalue weighted by atomic mass is 10.2. The summed E-state index contributed by atoms with van der Waals surface area (Å²) in [7, 11) is 0. The van der Waals surface area contributed by atoms with Crippen molar-refractivity contribution in [3.63, 3.8) is 0 Å². The van der Waals surface area contributed by atoms with Gasteiger partial charge in [-0.15, -0.1) is 0 Å². The van der Waals surface area contributed by atoms with Crippen molar-refractivity contribution in [2.24, 2.45) is 0 Å². The molecule has 1 aromatic heterocycles. The Hall–Kier alpha value is -1.78. The summed E-state index contributed by atoms with van der Waals surface area (Å²) < 4.78 is 39.4. The molecule has 0 N–H and O–H groups in total. The number of halogens is 3. The topological polar surface area (TPSA) is 17.8 Å². The van der Waals surface area contributed by atoms with Gasteiger partial charge in [-0.2, -0.15) is 13.2 Å². The van der Waals surface area contributed by atoms with Crippen LogP contribution in [-0.4, -0.2) is 9.55 Å². The molecule has 0 aliphatic heterocycles. The first kappa shape index (κ1) is 11.7. The molecule has 17 heavy (non-hydrogen) atoms. The summed E-state index contributed by atoms with van der Waals surface area (Å²) in [5.74, 6) is 0.740. The summed E-state index contributed by atoms with van der Waals surface area (Å²) in [4.78, 5) is 4.08. The molecule has 0 unspecified atom stereocenters. The van der Waals surface area contributed by atoms with Gasteiger partial charge >= 0.3 is 6.18 Å². The number of hydrogen-bond acceptors (Lipinski definition) is 1. The number of aromatic nitrogens is 2. The van der Waals surface area contributed by atoms with Crippen LogP contribution in [0, 0.1) is 0 Å². The van der Waals surface area contributed by atoms with Crippen molar-refractivity contribution < 1.29 is 13.2 Å². The Balaban J connectivity index is 2.47. The van der Waals surface area contributed by atoms with Crippen molar-refractivity contribution in [3.8, 4) is 5.69 Å². The van der Waals surface area contributed by atoms with Crippen LogP contribution >= 0.6 is 0 Å². The minimum Gasteiger partial charge on any atom is -0.304 e. The zero-order valence-electron chi connectivity index (χ0n) is 9.20. The molecule has 2 rings (SSSR count). The summed E-state index contributed by atoms with van der Waals surface area (Å²) in [6.45, 7) is 1.91. The molecular formula is C12H11F3N2. The van der Waals surface area contributed by atoms with Gasteiger partial charge in [0, 0.05) is 24.5 Å². The lowest BCUT2D eigenvalue weighted by Gasteiger charge is -2.10. The lowest BCUT2D eigenvalue weighted by molar-refractivity contribution is -0.137. The first-order valence-corrected chi connectivity index (χ1v) is 5.22. The summed E-state index contributed by atoms with van der Waals surface area (Å²) in [5, 5.41) is 0. The van der Waals surface area contributed by atoms with Crippen LogP contribution in [-0.2, 0) is 12.6 Å². The minimum atomic E-state index is -4.32. The maximum atomic E-state index is 12.6. The van der Waals surface area contributed by atoms with Crippen molar-refractivity contribution in [2.75, 3.05) is 0 Å². The molecule has 0 bridgehead atoms. The van der Waals surface area contributed by atoms with E-state index in [4.69, 9.17) is 0 Å². The minimum absolute atomic E-state index is 0.481. The fourth-order valence-electron chi connectivity index (χ4n) is 1.66. The maximum absolute atomic E-state index is 12.6. The highest BCUT2D eigenvalue weighted by Crippen LogP contribution is 2.30. The average Bonchev–Trinajstić information content (AvgIpc) is 2.76. The van der Waals surface area contributed by atoms with E-state index >= 15 is 0 Å². The van der Waals surface area contributed by atoms with Gasteiger partial charge in [-0.25, -0.2) is 4.98 Å². The van der Waals surface area contributed by atoms with Crippen LogP contribution in [0.2, 0.25) is 0 Å². The number of hydrogen-bond donors (Lipinski definition) is 0. The molecule has 0 aliphatic carbocycles. The molecule has 2 nitrogen and oxygen atoms in total. The molecule has 1 heterocycles. The second-order valence-corrected chi connectivity index (χ2v) is 3.62. The van der Waals surface area contributed by atoms with Gasteiger partial charge in [0.05, 0.1) is 5.56 Å². The van der Waals surface area contributed by atoms with Gasteiger partial charge in [-0.05, 0) is 18.2 Å². The van der Waals surface area contributed by atoms with E-state index in [1.165, 1.54) is 6.07 Å². The summed E-state index contributed by atoms with van der Waals surface area (Å²) >= 11 is 0. The van der Waals surface area contributed by atoms with Gasteiger partial charge in [0.1, 0.15) is 5.82 Å². The lowest BCUT2D eigenvalue weighted by Crippen LogP contribution is -2.06. The standard InChI is InChI=1S/C12H11F3N2/c1-2-11-16-6-7-17(11)10-5-3-4-9(8-10)12(13,14)15/h3-8H,2H2,1H3. The summed E-state index contributed by atoms with van der Waals surface area (Å²) in [6.07, 6.45) is -0.403. The Morgan fingerprint density at radius 1 is 1.29 bits per heavy atom. The van der Waals surface area contributed by atoms with Gasteiger partial charge in [0.25, 0.3) is 0 Å². The van der Waals surface area contributed by atoms with Crippen LogP contribution in [0.1, 0.15) is 18.3 Å². The number of imidazole rings is 1. The molecule has 0 amide bonds. The molecule has 0 spiro atoms. The smallest absolute Gasteiger partial charge is 0.304 e. The van der Waals surface area contributed by atoms with Crippen LogP contribution < -0.4 is 0 Å². The van der Waals surface area contributed by atoms with E-state index in [0.29, 0.717) is 12.1 Å². The number of benzene rings is 1. The molecular weight excluding hydrogens is 229 g/mol. The highest BCUT2D eigenvalue weighted by molar-refractivity contribution is 5.38. The molecule has 0 saturated carbocycles. The Morgan fingerprint density at radius 2 is 2.06 bits per heavy atom. The molecule has 0 saturated heterocycles. The Bertz CT molecular complexity index is 514. The number of rotatable bonds is 2. The zero-order chi connectivity index (χ0) is 12.5. The van der Waals surface area contributed by atoms with Crippen LogP contribution in [0.25, 0.3) is 5.69 Å². The third-order valence-corrected chi connectivity index (χ3v) is 2.49. The summed E-state index contributed by atoms with van der Waals surface area (Å²) in [5.41, 5.74) is -0.167. The van der Waals surface area contributed by atoms with Gasteiger partial charge < -0.3 is 4.57 Å². The van der Waals surface area contributed by atoms with Crippen molar-refractivity contribution in [2.45, 2.75) is 19.5 Å². The van der Waals surface area contributed by atoms with Gasteiger partial charge in [-0.1, -0.05) is 13.0 Å². The Kier molecular flexibility index (Phi) is 2.92. The molecule has 2 aromatic rings. The van der Waals surface area contributed by atoms with E-state index in [1.54, 1.807) is 23.0 Å². The van der Waals surface area contributed by atoms with E-state index < -0.39 is 11.7 Å². The van der Waals surface area contributed by atoms with Gasteiger partial charge in [0.15, 0.2) is 0 Å². The maximum Gasteiger partial charge on any atom is 0.416 e.